The van der Waals surface area contributed by atoms with Crippen LogP contribution in [0, 0.1) is 5.82 Å². The first-order valence-corrected chi connectivity index (χ1v) is 12.9. The molecule has 5 rings (SSSR count). The summed E-state index contributed by atoms with van der Waals surface area (Å²) in [6.07, 6.45) is 6.41. The van der Waals surface area contributed by atoms with Gasteiger partial charge in [0, 0.05) is 31.8 Å². The second-order valence-corrected chi connectivity index (χ2v) is 10.5. The number of imide groups is 1. The number of nitrogens with zero attached hydrogens (tertiary/aromatic N) is 2. The number of halogens is 1. The van der Waals surface area contributed by atoms with E-state index in [4.69, 9.17) is 4.74 Å². The summed E-state index contributed by atoms with van der Waals surface area (Å²) in [7, 11) is 0. The van der Waals surface area contributed by atoms with Crippen LogP contribution >= 0.6 is 0 Å². The van der Waals surface area contributed by atoms with Crippen molar-refractivity contribution in [3.8, 4) is 0 Å². The predicted octanol–water partition coefficient (Wildman–Crippen LogP) is 2.39. The van der Waals surface area contributed by atoms with E-state index in [9.17, 15) is 18.8 Å². The normalized spacial score (nSPS) is 25.6. The Morgan fingerprint density at radius 3 is 2.54 bits per heavy atom. The molecule has 0 saturated carbocycles. The Bertz CT molecular complexity index is 962. The van der Waals surface area contributed by atoms with Crippen molar-refractivity contribution in [2.24, 2.45) is 0 Å². The molecule has 0 radical (unpaired) electrons. The average molecular weight is 487 g/mol. The lowest BCUT2D eigenvalue weighted by molar-refractivity contribution is -0.137. The SMILES string of the molecule is O=C1CC[C@H](Nc2ccc(C3CCN(CC(=O)N4CCC5(CCCO5)CC4)CC3)c(F)c2)C(=O)N1. The first-order chi connectivity index (χ1) is 16.9. The monoisotopic (exact) mass is 486 g/mol. The lowest BCUT2D eigenvalue weighted by Crippen LogP contribution is -2.49. The molecule has 190 valence electrons. The van der Waals surface area contributed by atoms with Crippen molar-refractivity contribution < 1.29 is 23.5 Å². The zero-order chi connectivity index (χ0) is 24.4. The number of piperidine rings is 3. The molecule has 4 fully saturated rings. The lowest BCUT2D eigenvalue weighted by Gasteiger charge is -2.40. The number of hydrogen-bond donors (Lipinski definition) is 2. The van der Waals surface area contributed by atoms with Crippen LogP contribution in [0.15, 0.2) is 18.2 Å². The summed E-state index contributed by atoms with van der Waals surface area (Å²) in [4.78, 5) is 40.3. The van der Waals surface area contributed by atoms with Gasteiger partial charge in [0.05, 0.1) is 12.1 Å². The molecular formula is C26H35FN4O4. The maximum Gasteiger partial charge on any atom is 0.249 e. The van der Waals surface area contributed by atoms with Crippen molar-refractivity contribution in [3.05, 3.63) is 29.6 Å². The summed E-state index contributed by atoms with van der Waals surface area (Å²) in [5.74, 6) is -0.630. The number of nitrogens with one attached hydrogen (secondary N) is 2. The maximum absolute atomic E-state index is 14.9. The third-order valence-electron chi connectivity index (χ3n) is 8.18. The second kappa shape index (κ2) is 10.2. The van der Waals surface area contributed by atoms with Gasteiger partial charge in [-0.15, -0.1) is 0 Å². The van der Waals surface area contributed by atoms with E-state index in [0.717, 1.165) is 71.3 Å². The standard InChI is InChI=1S/C26H35FN4O4/c27-21-16-19(28-22-4-5-23(32)29-25(22)34)2-3-20(21)18-6-11-30(12-7-18)17-24(33)31-13-9-26(10-14-31)8-1-15-35-26/h2-3,16,18,22,28H,1,4-15,17H2,(H,29,32,34)/t22-/m0/s1. The molecule has 35 heavy (non-hydrogen) atoms. The number of benzene rings is 1. The molecular weight excluding hydrogens is 451 g/mol. The van der Waals surface area contributed by atoms with Crippen LogP contribution in [0.4, 0.5) is 10.1 Å². The number of likely N-dealkylation sites (tertiary alicyclic amines) is 2. The molecule has 0 bridgehead atoms. The second-order valence-electron chi connectivity index (χ2n) is 10.5. The van der Waals surface area contributed by atoms with Crippen molar-refractivity contribution in [3.63, 3.8) is 0 Å². The largest absolute Gasteiger partial charge is 0.375 e. The molecule has 8 nitrogen and oxygen atoms in total. The molecule has 9 heteroatoms. The van der Waals surface area contributed by atoms with E-state index >= 15 is 0 Å². The molecule has 4 aliphatic heterocycles. The van der Waals surface area contributed by atoms with Crippen LogP contribution in [0.2, 0.25) is 0 Å². The molecule has 1 aromatic carbocycles. The van der Waals surface area contributed by atoms with E-state index in [-0.39, 0.29) is 41.5 Å². The van der Waals surface area contributed by atoms with Crippen LogP contribution in [0.1, 0.15) is 62.8 Å². The smallest absolute Gasteiger partial charge is 0.249 e. The Morgan fingerprint density at radius 1 is 1.11 bits per heavy atom. The van der Waals surface area contributed by atoms with Gasteiger partial charge >= 0.3 is 0 Å². The third kappa shape index (κ3) is 5.51. The van der Waals surface area contributed by atoms with Gasteiger partial charge < -0.3 is 15.0 Å². The van der Waals surface area contributed by atoms with Gasteiger partial charge in [0.2, 0.25) is 17.7 Å². The Balaban J connectivity index is 1.09. The highest BCUT2D eigenvalue weighted by molar-refractivity contribution is 6.01. The van der Waals surface area contributed by atoms with Crippen molar-refractivity contribution in [1.29, 1.82) is 0 Å². The minimum Gasteiger partial charge on any atom is -0.375 e. The molecule has 0 aliphatic carbocycles. The minimum absolute atomic E-state index is 0.0200. The Hall–Kier alpha value is -2.52. The number of anilines is 1. The summed E-state index contributed by atoms with van der Waals surface area (Å²) in [5.41, 5.74) is 1.24. The molecule has 4 saturated heterocycles. The van der Waals surface area contributed by atoms with E-state index in [0.29, 0.717) is 24.2 Å². The van der Waals surface area contributed by atoms with Crippen LogP contribution in [0.3, 0.4) is 0 Å². The highest BCUT2D eigenvalue weighted by atomic mass is 19.1. The van der Waals surface area contributed by atoms with E-state index < -0.39 is 6.04 Å². The quantitative estimate of drug-likeness (QED) is 0.622. The van der Waals surface area contributed by atoms with Crippen molar-refractivity contribution in [1.82, 2.24) is 15.1 Å². The average Bonchev–Trinajstić information content (AvgIpc) is 3.30. The third-order valence-corrected chi connectivity index (χ3v) is 8.18. The topological polar surface area (TPSA) is 91.0 Å². The number of hydrogen-bond acceptors (Lipinski definition) is 6. The van der Waals surface area contributed by atoms with Crippen LogP contribution in [-0.4, -0.2) is 78.5 Å². The Morgan fingerprint density at radius 2 is 1.89 bits per heavy atom. The fourth-order valence-electron chi connectivity index (χ4n) is 5.99. The molecule has 2 N–H and O–H groups in total. The first-order valence-electron chi connectivity index (χ1n) is 12.9. The predicted molar refractivity (Wildman–Crippen MR) is 128 cm³/mol. The summed E-state index contributed by atoms with van der Waals surface area (Å²) in [6, 6.07) is 4.50. The summed E-state index contributed by atoms with van der Waals surface area (Å²) in [6.45, 7) is 4.37. The van der Waals surface area contributed by atoms with Gasteiger partial charge in [0.25, 0.3) is 0 Å². The van der Waals surface area contributed by atoms with Gasteiger partial charge in [-0.2, -0.15) is 0 Å². The molecule has 4 aliphatic rings. The van der Waals surface area contributed by atoms with Crippen molar-refractivity contribution in [2.45, 2.75) is 68.9 Å². The van der Waals surface area contributed by atoms with E-state index in [1.165, 1.54) is 6.07 Å². The number of carbonyl (C=O) groups excluding carboxylic acids is 3. The van der Waals surface area contributed by atoms with Crippen LogP contribution in [0.5, 0.6) is 0 Å². The van der Waals surface area contributed by atoms with Gasteiger partial charge in [-0.05, 0) is 81.6 Å². The number of rotatable bonds is 5. The highest BCUT2D eigenvalue weighted by Crippen LogP contribution is 2.36. The van der Waals surface area contributed by atoms with Gasteiger partial charge in [-0.25, -0.2) is 4.39 Å². The molecule has 1 atom stereocenters. The van der Waals surface area contributed by atoms with Crippen molar-refractivity contribution in [2.75, 3.05) is 44.6 Å². The van der Waals surface area contributed by atoms with Crippen molar-refractivity contribution >= 4 is 23.4 Å². The maximum atomic E-state index is 14.9. The van der Waals surface area contributed by atoms with Gasteiger partial charge in [-0.3, -0.25) is 24.6 Å². The zero-order valence-electron chi connectivity index (χ0n) is 20.2. The number of amides is 3. The lowest BCUT2D eigenvalue weighted by atomic mass is 9.88. The fourth-order valence-corrected chi connectivity index (χ4v) is 5.99. The molecule has 3 amide bonds. The van der Waals surface area contributed by atoms with Crippen LogP contribution < -0.4 is 10.6 Å². The molecule has 0 aromatic heterocycles. The Labute approximate surface area is 205 Å². The number of ether oxygens (including phenoxy) is 1. The van der Waals surface area contributed by atoms with E-state index in [1.54, 1.807) is 12.1 Å². The van der Waals surface area contributed by atoms with Crippen LogP contribution in [0.25, 0.3) is 0 Å². The molecule has 4 heterocycles. The summed E-state index contributed by atoms with van der Waals surface area (Å²) < 4.78 is 20.9. The molecule has 1 aromatic rings. The van der Waals surface area contributed by atoms with Gasteiger partial charge in [0.1, 0.15) is 11.9 Å². The fraction of sp³-hybridized carbons (Fsp3) is 0.654. The summed E-state index contributed by atoms with van der Waals surface area (Å²) in [5, 5.41) is 5.34. The van der Waals surface area contributed by atoms with Gasteiger partial charge in [0.15, 0.2) is 0 Å². The van der Waals surface area contributed by atoms with E-state index in [1.807, 2.05) is 4.90 Å². The minimum atomic E-state index is -0.533. The molecule has 0 unspecified atom stereocenters. The molecule has 1 spiro atoms. The van der Waals surface area contributed by atoms with Gasteiger partial charge in [-0.1, -0.05) is 6.07 Å². The first kappa shape index (κ1) is 24.2. The Kier molecular flexibility index (Phi) is 7.07. The zero-order valence-corrected chi connectivity index (χ0v) is 20.2. The summed E-state index contributed by atoms with van der Waals surface area (Å²) >= 11 is 0. The van der Waals surface area contributed by atoms with Crippen LogP contribution in [-0.2, 0) is 19.1 Å². The highest BCUT2D eigenvalue weighted by Gasteiger charge is 2.39. The van der Waals surface area contributed by atoms with E-state index in [2.05, 4.69) is 15.5 Å². The number of carbonyl (C=O) groups is 3.